The SMILES string of the molecule is Clc1ccc2c(c1)cc(Cl)n2-c1ccncn1. The van der Waals surface area contributed by atoms with E-state index in [0.29, 0.717) is 10.2 Å². The number of fused-ring (bicyclic) bond motifs is 1. The Hall–Kier alpha value is -1.58. The Morgan fingerprint density at radius 2 is 1.94 bits per heavy atom. The van der Waals surface area contributed by atoms with Gasteiger partial charge in [0.1, 0.15) is 17.3 Å². The van der Waals surface area contributed by atoms with E-state index < -0.39 is 0 Å². The summed E-state index contributed by atoms with van der Waals surface area (Å²) in [5, 5.41) is 2.27. The zero-order valence-electron chi connectivity index (χ0n) is 8.64. The van der Waals surface area contributed by atoms with E-state index in [4.69, 9.17) is 23.2 Å². The smallest absolute Gasteiger partial charge is 0.141 e. The zero-order chi connectivity index (χ0) is 11.8. The van der Waals surface area contributed by atoms with Gasteiger partial charge in [-0.3, -0.25) is 4.57 Å². The number of rotatable bonds is 1. The summed E-state index contributed by atoms with van der Waals surface area (Å²) in [6.07, 6.45) is 3.17. The van der Waals surface area contributed by atoms with Gasteiger partial charge in [0, 0.05) is 16.6 Å². The van der Waals surface area contributed by atoms with E-state index in [1.807, 2.05) is 28.8 Å². The second-order valence-corrected chi connectivity index (χ2v) is 4.40. The lowest BCUT2D eigenvalue weighted by molar-refractivity contribution is 1.01. The summed E-state index contributed by atoms with van der Waals surface area (Å²) < 4.78 is 1.86. The number of hydrogen-bond acceptors (Lipinski definition) is 2. The monoisotopic (exact) mass is 263 g/mol. The maximum atomic E-state index is 6.21. The van der Waals surface area contributed by atoms with Gasteiger partial charge in [0.25, 0.3) is 0 Å². The zero-order valence-corrected chi connectivity index (χ0v) is 10.2. The van der Waals surface area contributed by atoms with Crippen molar-refractivity contribution < 1.29 is 0 Å². The van der Waals surface area contributed by atoms with E-state index >= 15 is 0 Å². The fourth-order valence-corrected chi connectivity index (χ4v) is 2.28. The van der Waals surface area contributed by atoms with Gasteiger partial charge in [-0.1, -0.05) is 23.2 Å². The van der Waals surface area contributed by atoms with Crippen LogP contribution < -0.4 is 0 Å². The van der Waals surface area contributed by atoms with Gasteiger partial charge in [0.2, 0.25) is 0 Å². The second kappa shape index (κ2) is 4.02. The quantitative estimate of drug-likeness (QED) is 0.670. The molecule has 0 atom stereocenters. The number of nitrogens with zero attached hydrogens (tertiary/aromatic N) is 3. The Bertz CT molecular complexity index is 677. The van der Waals surface area contributed by atoms with Crippen LogP contribution in [0.5, 0.6) is 0 Å². The second-order valence-electron chi connectivity index (χ2n) is 3.57. The highest BCUT2D eigenvalue weighted by atomic mass is 35.5. The largest absolute Gasteiger partial charge is 0.284 e. The van der Waals surface area contributed by atoms with Crippen LogP contribution in [0, 0.1) is 0 Å². The predicted octanol–water partition coefficient (Wildman–Crippen LogP) is 3.73. The van der Waals surface area contributed by atoms with Crippen molar-refractivity contribution in [2.24, 2.45) is 0 Å². The van der Waals surface area contributed by atoms with Crippen LogP contribution in [0.25, 0.3) is 16.7 Å². The minimum Gasteiger partial charge on any atom is -0.284 e. The molecule has 0 aliphatic carbocycles. The minimum absolute atomic E-state index is 0.598. The molecule has 0 N–H and O–H groups in total. The van der Waals surface area contributed by atoms with Crippen LogP contribution in [0.4, 0.5) is 0 Å². The lowest BCUT2D eigenvalue weighted by atomic mass is 10.2. The van der Waals surface area contributed by atoms with Crippen molar-refractivity contribution in [3.63, 3.8) is 0 Å². The highest BCUT2D eigenvalue weighted by Gasteiger charge is 2.09. The average Bonchev–Trinajstić information content (AvgIpc) is 2.65. The molecule has 3 nitrogen and oxygen atoms in total. The van der Waals surface area contributed by atoms with E-state index in [1.54, 1.807) is 12.3 Å². The van der Waals surface area contributed by atoms with Crippen molar-refractivity contribution in [3.8, 4) is 5.82 Å². The Balaban J connectivity index is 2.33. The molecule has 0 radical (unpaired) electrons. The standard InChI is InChI=1S/C12H7Cl2N3/c13-9-1-2-10-8(5-9)6-11(14)17(10)12-3-4-15-7-16-12/h1-7H. The molecule has 3 aromatic rings. The molecule has 3 rings (SSSR count). The van der Waals surface area contributed by atoms with Gasteiger partial charge in [-0.15, -0.1) is 0 Å². The number of halogens is 2. The van der Waals surface area contributed by atoms with Crippen LogP contribution in [-0.2, 0) is 0 Å². The summed E-state index contributed by atoms with van der Waals surface area (Å²) in [6.45, 7) is 0. The Kier molecular flexibility index (Phi) is 2.50. The summed E-state index contributed by atoms with van der Waals surface area (Å²) in [5.41, 5.74) is 0.970. The van der Waals surface area contributed by atoms with Gasteiger partial charge < -0.3 is 0 Å². The van der Waals surface area contributed by atoms with Crippen LogP contribution in [0.3, 0.4) is 0 Å². The molecule has 0 amide bonds. The van der Waals surface area contributed by atoms with Crippen molar-refractivity contribution in [1.29, 1.82) is 0 Å². The Morgan fingerprint density at radius 3 is 2.71 bits per heavy atom. The van der Waals surface area contributed by atoms with Crippen LogP contribution in [0.15, 0.2) is 42.9 Å². The summed E-state index contributed by atoms with van der Waals surface area (Å²) in [6, 6.07) is 9.30. The summed E-state index contributed by atoms with van der Waals surface area (Å²) >= 11 is 12.2. The molecule has 2 heterocycles. The van der Waals surface area contributed by atoms with E-state index in [9.17, 15) is 0 Å². The molecule has 0 saturated heterocycles. The molecule has 0 aliphatic heterocycles. The van der Waals surface area contributed by atoms with Crippen LogP contribution in [0.1, 0.15) is 0 Å². The minimum atomic E-state index is 0.598. The van der Waals surface area contributed by atoms with Crippen molar-refractivity contribution in [2.75, 3.05) is 0 Å². The highest BCUT2D eigenvalue weighted by molar-refractivity contribution is 6.32. The van der Waals surface area contributed by atoms with Gasteiger partial charge in [0.15, 0.2) is 0 Å². The molecule has 1 aromatic carbocycles. The molecule has 0 saturated carbocycles. The van der Waals surface area contributed by atoms with E-state index in [-0.39, 0.29) is 0 Å². The highest BCUT2D eigenvalue weighted by Crippen LogP contribution is 2.28. The fourth-order valence-electron chi connectivity index (χ4n) is 1.80. The molecular weight excluding hydrogens is 257 g/mol. The summed E-state index contributed by atoms with van der Waals surface area (Å²) in [5.74, 6) is 0.738. The van der Waals surface area contributed by atoms with Crippen molar-refractivity contribution in [3.05, 3.63) is 53.0 Å². The van der Waals surface area contributed by atoms with Crippen molar-refractivity contribution >= 4 is 34.1 Å². The first-order valence-electron chi connectivity index (χ1n) is 4.98. The Labute approximate surface area is 108 Å². The molecule has 5 heteroatoms. The lowest BCUT2D eigenvalue weighted by Gasteiger charge is -2.04. The molecule has 0 aliphatic rings. The fraction of sp³-hybridized carbons (Fsp3) is 0. The Morgan fingerprint density at radius 1 is 1.06 bits per heavy atom. The first-order valence-corrected chi connectivity index (χ1v) is 5.74. The number of aromatic nitrogens is 3. The van der Waals surface area contributed by atoms with Gasteiger partial charge >= 0.3 is 0 Å². The molecule has 0 fully saturated rings. The van der Waals surface area contributed by atoms with E-state index in [2.05, 4.69) is 9.97 Å². The van der Waals surface area contributed by atoms with Crippen LogP contribution >= 0.6 is 23.2 Å². The van der Waals surface area contributed by atoms with Gasteiger partial charge in [-0.25, -0.2) is 9.97 Å². The van der Waals surface area contributed by atoms with Crippen LogP contribution in [-0.4, -0.2) is 14.5 Å². The van der Waals surface area contributed by atoms with E-state index in [0.717, 1.165) is 16.7 Å². The van der Waals surface area contributed by atoms with E-state index in [1.165, 1.54) is 6.33 Å². The normalized spacial score (nSPS) is 10.9. The van der Waals surface area contributed by atoms with Gasteiger partial charge in [-0.2, -0.15) is 0 Å². The summed E-state index contributed by atoms with van der Waals surface area (Å²) in [4.78, 5) is 8.08. The third-order valence-electron chi connectivity index (χ3n) is 2.51. The van der Waals surface area contributed by atoms with Gasteiger partial charge in [-0.05, 0) is 30.3 Å². The molecule has 0 bridgehead atoms. The first-order chi connectivity index (χ1) is 8.25. The van der Waals surface area contributed by atoms with Gasteiger partial charge in [0.05, 0.1) is 5.52 Å². The third-order valence-corrected chi connectivity index (χ3v) is 3.03. The molecule has 17 heavy (non-hydrogen) atoms. The number of benzene rings is 1. The molecule has 84 valence electrons. The van der Waals surface area contributed by atoms with Crippen LogP contribution in [0.2, 0.25) is 10.2 Å². The third kappa shape index (κ3) is 1.77. The number of hydrogen-bond donors (Lipinski definition) is 0. The maximum Gasteiger partial charge on any atom is 0.141 e. The molecule has 0 unspecified atom stereocenters. The molecule has 2 aromatic heterocycles. The molecule has 0 spiro atoms. The topological polar surface area (TPSA) is 30.7 Å². The maximum absolute atomic E-state index is 6.21. The molecular formula is C12H7Cl2N3. The van der Waals surface area contributed by atoms with Crippen molar-refractivity contribution in [2.45, 2.75) is 0 Å². The first kappa shape index (κ1) is 10.6. The summed E-state index contributed by atoms with van der Waals surface area (Å²) in [7, 11) is 0. The average molecular weight is 264 g/mol. The predicted molar refractivity (Wildman–Crippen MR) is 68.9 cm³/mol. The lowest BCUT2D eigenvalue weighted by Crippen LogP contribution is -1.96. The van der Waals surface area contributed by atoms with Crippen molar-refractivity contribution in [1.82, 2.24) is 14.5 Å².